The molecule has 0 bridgehead atoms. The van der Waals surface area contributed by atoms with Crippen LogP contribution in [-0.4, -0.2) is 24.5 Å². The van der Waals surface area contributed by atoms with Gasteiger partial charge < -0.3 is 15.3 Å². The van der Waals surface area contributed by atoms with E-state index in [-0.39, 0.29) is 17.4 Å². The Labute approximate surface area is 147 Å². The molecule has 0 aliphatic rings. The largest absolute Gasteiger partial charge is 0.619 e. The van der Waals surface area contributed by atoms with Crippen LogP contribution < -0.4 is 10.0 Å². The summed E-state index contributed by atoms with van der Waals surface area (Å²) in [6, 6.07) is 12.6. The summed E-state index contributed by atoms with van der Waals surface area (Å²) in [4.78, 5) is 24.1. The summed E-state index contributed by atoms with van der Waals surface area (Å²) in [5, 5.41) is 13.8. The fraction of sp³-hybridized carbons (Fsp3) is 0.316. The Kier molecular flexibility index (Phi) is 6.51. The monoisotopic (exact) mass is 342 g/mol. The lowest BCUT2D eigenvalue weighted by molar-refractivity contribution is -0.605. The van der Waals surface area contributed by atoms with Gasteiger partial charge in [-0.25, -0.2) is 4.79 Å². The standard InChI is InChI=1S/C19H22N2O4/c1-3-15(16-7-5-4-6-8-16)13-20-18(22)14(2)25-19(23)17-9-11-21(24)12-10-17/h4-12,14-15H,3,13H2,1-2H3,(H,20,22)/t14-,15+/m0/s1. The SMILES string of the molecule is CC[C@H](CNC(=O)[C@H](C)OC(=O)c1cc[n+]([O-])cc1)c1ccccc1. The van der Waals surface area contributed by atoms with Crippen molar-refractivity contribution >= 4 is 11.9 Å². The summed E-state index contributed by atoms with van der Waals surface area (Å²) in [7, 11) is 0. The van der Waals surface area contributed by atoms with E-state index in [0.29, 0.717) is 11.3 Å². The van der Waals surface area contributed by atoms with Crippen LogP contribution in [0.3, 0.4) is 0 Å². The molecule has 2 atom stereocenters. The van der Waals surface area contributed by atoms with Gasteiger partial charge in [0.05, 0.1) is 5.56 Å². The van der Waals surface area contributed by atoms with Crippen molar-refractivity contribution < 1.29 is 19.1 Å². The summed E-state index contributed by atoms with van der Waals surface area (Å²) < 4.78 is 5.72. The topological polar surface area (TPSA) is 82.3 Å². The van der Waals surface area contributed by atoms with Crippen LogP contribution in [0.15, 0.2) is 54.9 Å². The molecule has 0 unspecified atom stereocenters. The summed E-state index contributed by atoms with van der Waals surface area (Å²) in [6.07, 6.45) is 2.37. The quantitative estimate of drug-likeness (QED) is 0.475. The zero-order valence-electron chi connectivity index (χ0n) is 14.3. The molecule has 2 rings (SSSR count). The van der Waals surface area contributed by atoms with E-state index >= 15 is 0 Å². The van der Waals surface area contributed by atoms with Gasteiger partial charge in [-0.2, -0.15) is 4.73 Å². The molecule has 1 heterocycles. The summed E-state index contributed by atoms with van der Waals surface area (Å²) in [6.45, 7) is 4.06. The maximum Gasteiger partial charge on any atom is 0.339 e. The molecule has 1 aromatic carbocycles. The maximum atomic E-state index is 12.2. The molecule has 1 N–H and O–H groups in total. The lowest BCUT2D eigenvalue weighted by Gasteiger charge is -2.18. The minimum atomic E-state index is -0.916. The number of nitrogens with one attached hydrogen (secondary N) is 1. The number of hydrogen-bond acceptors (Lipinski definition) is 4. The normalized spacial score (nSPS) is 12.9. The van der Waals surface area contributed by atoms with Crippen LogP contribution in [0, 0.1) is 5.21 Å². The summed E-state index contributed by atoms with van der Waals surface area (Å²) in [5.41, 5.74) is 1.38. The van der Waals surface area contributed by atoms with Gasteiger partial charge in [-0.3, -0.25) is 4.79 Å². The van der Waals surface area contributed by atoms with Crippen LogP contribution in [0.25, 0.3) is 0 Å². The van der Waals surface area contributed by atoms with Gasteiger partial charge in [0.1, 0.15) is 0 Å². The van der Waals surface area contributed by atoms with E-state index in [1.807, 2.05) is 30.3 Å². The van der Waals surface area contributed by atoms with Gasteiger partial charge in [-0.05, 0) is 18.9 Å². The number of aromatic nitrogens is 1. The Balaban J connectivity index is 1.87. The minimum absolute atomic E-state index is 0.203. The first-order valence-electron chi connectivity index (χ1n) is 8.23. The molecule has 0 saturated carbocycles. The van der Waals surface area contributed by atoms with Gasteiger partial charge in [-0.1, -0.05) is 37.3 Å². The number of esters is 1. The second-order valence-electron chi connectivity index (χ2n) is 5.76. The predicted octanol–water partition coefficient (Wildman–Crippen LogP) is 2.18. The van der Waals surface area contributed by atoms with E-state index in [1.165, 1.54) is 31.5 Å². The average Bonchev–Trinajstić information content (AvgIpc) is 2.63. The highest BCUT2D eigenvalue weighted by Crippen LogP contribution is 2.18. The second kappa shape index (κ2) is 8.82. The third kappa shape index (κ3) is 5.31. The minimum Gasteiger partial charge on any atom is -0.619 e. The summed E-state index contributed by atoms with van der Waals surface area (Å²) >= 11 is 0. The predicted molar refractivity (Wildman–Crippen MR) is 92.8 cm³/mol. The highest BCUT2D eigenvalue weighted by molar-refractivity contribution is 5.91. The Morgan fingerprint density at radius 1 is 1.16 bits per heavy atom. The van der Waals surface area contributed by atoms with Crippen LogP contribution in [-0.2, 0) is 9.53 Å². The lowest BCUT2D eigenvalue weighted by atomic mass is 9.96. The van der Waals surface area contributed by atoms with Crippen LogP contribution >= 0.6 is 0 Å². The molecule has 0 saturated heterocycles. The third-order valence-electron chi connectivity index (χ3n) is 3.98. The number of rotatable bonds is 7. The molecular formula is C19H22N2O4. The molecule has 1 aromatic heterocycles. The zero-order chi connectivity index (χ0) is 18.2. The van der Waals surface area contributed by atoms with E-state index in [0.717, 1.165) is 12.0 Å². The van der Waals surface area contributed by atoms with E-state index < -0.39 is 12.1 Å². The molecule has 6 heteroatoms. The van der Waals surface area contributed by atoms with Gasteiger partial charge in [0.25, 0.3) is 5.91 Å². The van der Waals surface area contributed by atoms with Gasteiger partial charge >= 0.3 is 5.97 Å². The van der Waals surface area contributed by atoms with Gasteiger partial charge in [-0.15, -0.1) is 0 Å². The number of ether oxygens (including phenoxy) is 1. The highest BCUT2D eigenvalue weighted by atomic mass is 16.5. The zero-order valence-corrected chi connectivity index (χ0v) is 14.3. The number of amides is 1. The van der Waals surface area contributed by atoms with Crippen LogP contribution in [0.2, 0.25) is 0 Å². The third-order valence-corrected chi connectivity index (χ3v) is 3.98. The molecule has 0 fully saturated rings. The van der Waals surface area contributed by atoms with Crippen molar-refractivity contribution in [3.8, 4) is 0 Å². The van der Waals surface area contributed by atoms with Crippen molar-refractivity contribution in [3.63, 3.8) is 0 Å². The van der Waals surface area contributed by atoms with Gasteiger partial charge in [0.2, 0.25) is 0 Å². The number of hydrogen-bond donors (Lipinski definition) is 1. The Morgan fingerprint density at radius 2 is 1.80 bits per heavy atom. The Morgan fingerprint density at radius 3 is 2.40 bits per heavy atom. The van der Waals surface area contributed by atoms with Crippen molar-refractivity contribution in [2.24, 2.45) is 0 Å². The van der Waals surface area contributed by atoms with Crippen molar-refractivity contribution in [1.82, 2.24) is 5.32 Å². The number of carbonyl (C=O) groups excluding carboxylic acids is 2. The van der Waals surface area contributed by atoms with E-state index in [2.05, 4.69) is 12.2 Å². The maximum absolute atomic E-state index is 12.2. The first kappa shape index (κ1) is 18.4. The van der Waals surface area contributed by atoms with Crippen molar-refractivity contribution in [3.05, 3.63) is 71.2 Å². The highest BCUT2D eigenvalue weighted by Gasteiger charge is 2.20. The Bertz CT molecular complexity index is 701. The fourth-order valence-electron chi connectivity index (χ4n) is 2.42. The van der Waals surface area contributed by atoms with E-state index in [9.17, 15) is 14.8 Å². The second-order valence-corrected chi connectivity index (χ2v) is 5.76. The Hall–Kier alpha value is -2.89. The smallest absolute Gasteiger partial charge is 0.339 e. The molecule has 25 heavy (non-hydrogen) atoms. The fourth-order valence-corrected chi connectivity index (χ4v) is 2.42. The molecule has 0 spiro atoms. The lowest BCUT2D eigenvalue weighted by Crippen LogP contribution is -2.38. The van der Waals surface area contributed by atoms with Crippen LogP contribution in [0.1, 0.15) is 42.1 Å². The number of nitrogens with zero attached hydrogens (tertiary/aromatic N) is 1. The molecule has 6 nitrogen and oxygen atoms in total. The first-order valence-corrected chi connectivity index (χ1v) is 8.23. The molecular weight excluding hydrogens is 320 g/mol. The average molecular weight is 342 g/mol. The molecule has 1 amide bonds. The number of benzene rings is 1. The molecule has 0 aliphatic heterocycles. The molecule has 132 valence electrons. The first-order chi connectivity index (χ1) is 12.0. The van der Waals surface area contributed by atoms with Crippen molar-refractivity contribution in [2.75, 3.05) is 6.54 Å². The molecule has 2 aromatic rings. The molecule has 0 radical (unpaired) electrons. The number of pyridine rings is 1. The van der Waals surface area contributed by atoms with E-state index in [1.54, 1.807) is 0 Å². The summed E-state index contributed by atoms with van der Waals surface area (Å²) in [5.74, 6) is -0.787. The number of carbonyl (C=O) groups is 2. The van der Waals surface area contributed by atoms with Crippen molar-refractivity contribution in [1.29, 1.82) is 0 Å². The molecule has 0 aliphatic carbocycles. The van der Waals surface area contributed by atoms with Crippen molar-refractivity contribution in [2.45, 2.75) is 32.3 Å². The van der Waals surface area contributed by atoms with E-state index in [4.69, 9.17) is 4.74 Å². The van der Waals surface area contributed by atoms with Gasteiger partial charge in [0, 0.05) is 24.6 Å². The van der Waals surface area contributed by atoms with Crippen LogP contribution in [0.4, 0.5) is 0 Å². The van der Waals surface area contributed by atoms with Crippen LogP contribution in [0.5, 0.6) is 0 Å². The van der Waals surface area contributed by atoms with Gasteiger partial charge in [0.15, 0.2) is 18.5 Å².